The van der Waals surface area contributed by atoms with E-state index < -0.39 is 0 Å². The largest absolute Gasteiger partial charge is 0.369 e. The fourth-order valence-corrected chi connectivity index (χ4v) is 3.26. The first-order valence-corrected chi connectivity index (χ1v) is 7.16. The van der Waals surface area contributed by atoms with Gasteiger partial charge in [-0.15, -0.1) is 0 Å². The Kier molecular flexibility index (Phi) is 2.31. The number of nitrogens with zero attached hydrogens (tertiary/aromatic N) is 3. The first kappa shape index (κ1) is 11.7. The Morgan fingerprint density at radius 3 is 2.80 bits per heavy atom. The van der Waals surface area contributed by atoms with Gasteiger partial charge in [0.2, 0.25) is 5.95 Å². The molecular formula is C16H18N4. The summed E-state index contributed by atoms with van der Waals surface area (Å²) in [7, 11) is 0. The molecule has 1 aromatic carbocycles. The molecule has 0 saturated heterocycles. The third kappa shape index (κ3) is 1.60. The van der Waals surface area contributed by atoms with Gasteiger partial charge in [0.1, 0.15) is 5.52 Å². The molecule has 1 saturated carbocycles. The van der Waals surface area contributed by atoms with E-state index in [1.807, 2.05) is 24.4 Å². The van der Waals surface area contributed by atoms with Crippen molar-refractivity contribution in [1.29, 1.82) is 0 Å². The molecule has 2 N–H and O–H groups in total. The molecule has 4 nitrogen and oxygen atoms in total. The summed E-state index contributed by atoms with van der Waals surface area (Å²) in [5, 5.41) is 1.14. The number of anilines is 1. The van der Waals surface area contributed by atoms with Crippen LogP contribution < -0.4 is 5.73 Å². The lowest BCUT2D eigenvalue weighted by molar-refractivity contribution is 0.135. The summed E-state index contributed by atoms with van der Waals surface area (Å²) in [5.41, 5.74) is 9.54. The zero-order valence-corrected chi connectivity index (χ0v) is 11.6. The van der Waals surface area contributed by atoms with Crippen LogP contribution in [0.25, 0.3) is 21.9 Å². The smallest absolute Gasteiger partial charge is 0.201 e. The first-order chi connectivity index (χ1) is 9.66. The van der Waals surface area contributed by atoms with Gasteiger partial charge in [-0.25, -0.2) is 4.98 Å². The minimum atomic E-state index is 0.367. The molecule has 0 spiro atoms. The molecule has 2 heterocycles. The van der Waals surface area contributed by atoms with E-state index in [1.54, 1.807) is 0 Å². The third-order valence-corrected chi connectivity index (χ3v) is 4.61. The molecule has 0 radical (unpaired) electrons. The van der Waals surface area contributed by atoms with Gasteiger partial charge in [-0.1, -0.05) is 31.5 Å². The van der Waals surface area contributed by atoms with Crippen LogP contribution in [0.5, 0.6) is 0 Å². The van der Waals surface area contributed by atoms with Crippen molar-refractivity contribution in [2.24, 2.45) is 5.41 Å². The van der Waals surface area contributed by atoms with Gasteiger partial charge < -0.3 is 10.3 Å². The number of aromatic nitrogens is 3. The second-order valence-electron chi connectivity index (χ2n) is 6.23. The van der Waals surface area contributed by atoms with Crippen molar-refractivity contribution in [1.82, 2.24) is 14.5 Å². The summed E-state index contributed by atoms with van der Waals surface area (Å²) < 4.78 is 2.18. The third-order valence-electron chi connectivity index (χ3n) is 4.61. The quantitative estimate of drug-likeness (QED) is 0.773. The highest BCUT2D eigenvalue weighted by molar-refractivity contribution is 6.02. The van der Waals surface area contributed by atoms with Crippen LogP contribution in [0.4, 0.5) is 5.95 Å². The van der Waals surface area contributed by atoms with Gasteiger partial charge in [0.25, 0.3) is 0 Å². The van der Waals surface area contributed by atoms with Crippen molar-refractivity contribution in [3.8, 4) is 0 Å². The minimum Gasteiger partial charge on any atom is -0.369 e. The highest BCUT2D eigenvalue weighted by Crippen LogP contribution is 2.43. The van der Waals surface area contributed by atoms with Crippen LogP contribution in [0.2, 0.25) is 0 Å². The van der Waals surface area contributed by atoms with Crippen LogP contribution in [0.3, 0.4) is 0 Å². The van der Waals surface area contributed by atoms with E-state index >= 15 is 0 Å². The van der Waals surface area contributed by atoms with Crippen molar-refractivity contribution in [3.63, 3.8) is 0 Å². The zero-order chi connectivity index (χ0) is 13.7. The SMILES string of the molecule is CC1(Cn2c(N)nc3cnc4ccccc4c32)CCC1. The molecule has 4 heteroatoms. The molecule has 20 heavy (non-hydrogen) atoms. The first-order valence-electron chi connectivity index (χ1n) is 7.16. The summed E-state index contributed by atoms with van der Waals surface area (Å²) in [6.45, 7) is 3.29. The Morgan fingerprint density at radius 1 is 1.25 bits per heavy atom. The van der Waals surface area contributed by atoms with Gasteiger partial charge >= 0.3 is 0 Å². The normalized spacial score (nSPS) is 17.4. The second kappa shape index (κ2) is 3.95. The number of hydrogen-bond acceptors (Lipinski definition) is 3. The van der Waals surface area contributed by atoms with E-state index in [-0.39, 0.29) is 0 Å². The highest BCUT2D eigenvalue weighted by atomic mass is 15.2. The Balaban J connectivity index is 1.98. The van der Waals surface area contributed by atoms with Crippen LogP contribution in [0.1, 0.15) is 26.2 Å². The summed E-state index contributed by atoms with van der Waals surface area (Å²) in [5.74, 6) is 0.603. The van der Waals surface area contributed by atoms with Gasteiger partial charge in [-0.2, -0.15) is 0 Å². The zero-order valence-electron chi connectivity index (χ0n) is 11.6. The van der Waals surface area contributed by atoms with Crippen molar-refractivity contribution in [3.05, 3.63) is 30.5 Å². The Morgan fingerprint density at radius 2 is 2.05 bits per heavy atom. The fraction of sp³-hybridized carbons (Fsp3) is 0.375. The lowest BCUT2D eigenvalue weighted by Crippen LogP contribution is -2.31. The van der Waals surface area contributed by atoms with E-state index in [9.17, 15) is 0 Å². The summed E-state index contributed by atoms with van der Waals surface area (Å²) in [6, 6.07) is 8.19. The molecule has 4 rings (SSSR count). The number of fused-ring (bicyclic) bond motifs is 3. The van der Waals surface area contributed by atoms with Gasteiger partial charge in [-0.05, 0) is 24.3 Å². The number of rotatable bonds is 2. The minimum absolute atomic E-state index is 0.367. The molecule has 3 aromatic rings. The van der Waals surface area contributed by atoms with Crippen LogP contribution in [0.15, 0.2) is 30.5 Å². The average molecular weight is 266 g/mol. The molecule has 0 unspecified atom stereocenters. The molecule has 0 aliphatic heterocycles. The Labute approximate surface area is 117 Å². The van der Waals surface area contributed by atoms with E-state index in [4.69, 9.17) is 5.73 Å². The van der Waals surface area contributed by atoms with Crippen LogP contribution in [0, 0.1) is 5.41 Å². The van der Waals surface area contributed by atoms with Crippen LogP contribution in [-0.2, 0) is 6.54 Å². The number of hydrogen-bond donors (Lipinski definition) is 1. The molecule has 2 aromatic heterocycles. The number of imidazole rings is 1. The van der Waals surface area contributed by atoms with Crippen molar-refractivity contribution in [2.45, 2.75) is 32.7 Å². The molecule has 102 valence electrons. The Hall–Kier alpha value is -2.10. The lowest BCUT2D eigenvalue weighted by atomic mass is 9.70. The van der Waals surface area contributed by atoms with Crippen molar-refractivity contribution >= 4 is 27.9 Å². The standard InChI is InChI=1S/C16H18N4/c1-16(7-4-8-16)10-20-14-11-5-2-3-6-12(11)18-9-13(14)19-15(20)17/h2-3,5-6,9H,4,7-8,10H2,1H3,(H2,17,19). The maximum absolute atomic E-state index is 6.15. The van der Waals surface area contributed by atoms with Gasteiger partial charge in [-0.3, -0.25) is 4.98 Å². The van der Waals surface area contributed by atoms with E-state index in [0.29, 0.717) is 11.4 Å². The molecule has 1 aliphatic rings. The molecule has 1 aliphatic carbocycles. The topological polar surface area (TPSA) is 56.7 Å². The van der Waals surface area contributed by atoms with Crippen LogP contribution >= 0.6 is 0 Å². The second-order valence-corrected chi connectivity index (χ2v) is 6.23. The van der Waals surface area contributed by atoms with E-state index in [2.05, 4.69) is 27.5 Å². The van der Waals surface area contributed by atoms with Gasteiger partial charge in [0.15, 0.2) is 0 Å². The lowest BCUT2D eigenvalue weighted by Gasteiger charge is -2.39. The fourth-order valence-electron chi connectivity index (χ4n) is 3.26. The molecule has 0 atom stereocenters. The van der Waals surface area contributed by atoms with Gasteiger partial charge in [0.05, 0.1) is 17.2 Å². The monoisotopic (exact) mass is 266 g/mol. The van der Waals surface area contributed by atoms with Crippen molar-refractivity contribution < 1.29 is 0 Å². The summed E-state index contributed by atoms with van der Waals surface area (Å²) in [6.07, 6.45) is 5.70. The molecule has 0 bridgehead atoms. The molecular weight excluding hydrogens is 248 g/mol. The van der Waals surface area contributed by atoms with Crippen molar-refractivity contribution in [2.75, 3.05) is 5.73 Å². The van der Waals surface area contributed by atoms with E-state index in [0.717, 1.165) is 28.5 Å². The number of nitrogens with two attached hydrogens (primary N) is 1. The highest BCUT2D eigenvalue weighted by Gasteiger charge is 2.33. The number of pyridine rings is 1. The summed E-state index contributed by atoms with van der Waals surface area (Å²) >= 11 is 0. The van der Waals surface area contributed by atoms with Gasteiger partial charge in [0, 0.05) is 11.9 Å². The summed E-state index contributed by atoms with van der Waals surface area (Å²) in [4.78, 5) is 8.95. The number of nitrogen functional groups attached to an aromatic ring is 1. The maximum Gasteiger partial charge on any atom is 0.201 e. The maximum atomic E-state index is 6.15. The molecule has 1 fully saturated rings. The Bertz CT molecular complexity index is 799. The number of benzene rings is 1. The van der Waals surface area contributed by atoms with E-state index in [1.165, 1.54) is 19.3 Å². The predicted octanol–water partition coefficient (Wildman–Crippen LogP) is 3.36. The predicted molar refractivity (Wildman–Crippen MR) is 81.4 cm³/mol. The molecule has 0 amide bonds. The van der Waals surface area contributed by atoms with Crippen LogP contribution in [-0.4, -0.2) is 14.5 Å². The number of para-hydroxylation sites is 1. The average Bonchev–Trinajstić information content (AvgIpc) is 2.74.